The maximum Gasteiger partial charge on any atom is 0.164 e. The lowest BCUT2D eigenvalue weighted by Gasteiger charge is -2.10. The molecule has 0 N–H and O–H groups in total. The van der Waals surface area contributed by atoms with Gasteiger partial charge in [0.05, 0.1) is 22.1 Å². The molecular weight excluding hydrogens is 845 g/mol. The van der Waals surface area contributed by atoms with Crippen LogP contribution in [0.5, 0.6) is 0 Å². The lowest BCUT2D eigenvalue weighted by molar-refractivity contribution is 0.668. The predicted octanol–water partition coefficient (Wildman–Crippen LogP) is 16.8. The van der Waals surface area contributed by atoms with Crippen molar-refractivity contribution in [1.29, 1.82) is 0 Å². The molecule has 0 aliphatic carbocycles. The second kappa shape index (κ2) is 15.6. The summed E-state index contributed by atoms with van der Waals surface area (Å²) in [6.07, 6.45) is 0. The molecule has 69 heavy (non-hydrogen) atoms. The van der Waals surface area contributed by atoms with Crippen LogP contribution in [0.4, 0.5) is 0 Å². The first-order chi connectivity index (χ1) is 34.2. The summed E-state index contributed by atoms with van der Waals surface area (Å²) in [6, 6.07) is 80.3. The lowest BCUT2D eigenvalue weighted by Crippen LogP contribution is -2.00. The van der Waals surface area contributed by atoms with Crippen molar-refractivity contribution in [3.05, 3.63) is 231 Å². The molecule has 0 fully saturated rings. The summed E-state index contributed by atoms with van der Waals surface area (Å²) in [7, 11) is 0. The van der Waals surface area contributed by atoms with Gasteiger partial charge in [-0.15, -0.1) is 0 Å². The van der Waals surface area contributed by atoms with Crippen molar-refractivity contribution >= 4 is 65.7 Å². The van der Waals surface area contributed by atoms with E-state index in [1.54, 1.807) is 0 Å². The molecule has 4 aromatic heterocycles. The van der Waals surface area contributed by atoms with E-state index in [0.29, 0.717) is 17.5 Å². The third-order valence-corrected chi connectivity index (χ3v) is 13.5. The molecule has 6 nitrogen and oxygen atoms in total. The molecule has 6 heteroatoms. The maximum atomic E-state index is 6.84. The Morgan fingerprint density at radius 3 is 1.59 bits per heavy atom. The second-order valence-corrected chi connectivity index (χ2v) is 17.5. The number of benzene rings is 10. The van der Waals surface area contributed by atoms with Crippen molar-refractivity contribution in [2.75, 3.05) is 0 Å². The lowest BCUT2D eigenvalue weighted by atomic mass is 9.99. The van der Waals surface area contributed by atoms with Crippen LogP contribution in [0.1, 0.15) is 0 Å². The van der Waals surface area contributed by atoms with E-state index >= 15 is 0 Å². The molecule has 14 aromatic rings. The fourth-order valence-corrected chi connectivity index (χ4v) is 10.2. The Labute approximate surface area is 396 Å². The van der Waals surface area contributed by atoms with Crippen molar-refractivity contribution in [2.45, 2.75) is 0 Å². The predicted molar refractivity (Wildman–Crippen MR) is 281 cm³/mol. The zero-order valence-corrected chi connectivity index (χ0v) is 37.0. The topological polar surface area (TPSA) is 69.9 Å². The van der Waals surface area contributed by atoms with Crippen LogP contribution in [0.3, 0.4) is 0 Å². The molecule has 322 valence electrons. The van der Waals surface area contributed by atoms with Crippen LogP contribution in [0.25, 0.3) is 139 Å². The monoisotopic (exact) mass is 882 g/mol. The molecule has 0 atom stereocenters. The number of furan rings is 2. The minimum Gasteiger partial charge on any atom is -0.456 e. The smallest absolute Gasteiger partial charge is 0.164 e. The number of hydrogen-bond acceptors (Lipinski definition) is 5. The highest BCUT2D eigenvalue weighted by molar-refractivity contribution is 6.17. The molecule has 0 aliphatic heterocycles. The number of rotatable bonds is 7. The molecular formula is C63H38N4O2. The highest BCUT2D eigenvalue weighted by Crippen LogP contribution is 2.44. The van der Waals surface area contributed by atoms with Crippen LogP contribution in [-0.4, -0.2) is 19.5 Å². The van der Waals surface area contributed by atoms with Gasteiger partial charge in [-0.1, -0.05) is 182 Å². The number of para-hydroxylation sites is 2. The highest BCUT2D eigenvalue weighted by atomic mass is 16.3. The molecule has 14 rings (SSSR count). The van der Waals surface area contributed by atoms with Crippen LogP contribution >= 0.6 is 0 Å². The number of fused-ring (bicyclic) bond motifs is 9. The molecule has 10 aromatic carbocycles. The van der Waals surface area contributed by atoms with E-state index < -0.39 is 0 Å². The summed E-state index contributed by atoms with van der Waals surface area (Å²) in [5.74, 6) is 1.77. The normalized spacial score (nSPS) is 11.8. The summed E-state index contributed by atoms with van der Waals surface area (Å²) in [4.78, 5) is 15.3. The van der Waals surface area contributed by atoms with E-state index in [-0.39, 0.29) is 0 Å². The van der Waals surface area contributed by atoms with Gasteiger partial charge >= 0.3 is 0 Å². The van der Waals surface area contributed by atoms with E-state index in [4.69, 9.17) is 23.8 Å². The molecule has 0 aliphatic rings. The average Bonchev–Trinajstić information content (AvgIpc) is 4.11. The summed E-state index contributed by atoms with van der Waals surface area (Å²) in [5, 5.41) is 6.45. The molecule has 4 heterocycles. The Bertz CT molecular complexity index is 4290. The Morgan fingerprint density at radius 2 is 0.826 bits per heavy atom. The molecule has 0 saturated carbocycles. The van der Waals surface area contributed by atoms with Gasteiger partial charge < -0.3 is 13.4 Å². The zero-order chi connectivity index (χ0) is 45.4. The third-order valence-electron chi connectivity index (χ3n) is 13.5. The summed E-state index contributed by atoms with van der Waals surface area (Å²) < 4.78 is 16.0. The van der Waals surface area contributed by atoms with Crippen molar-refractivity contribution in [2.24, 2.45) is 0 Å². The van der Waals surface area contributed by atoms with Gasteiger partial charge in [-0.05, 0) is 76.3 Å². The Morgan fingerprint density at radius 1 is 0.290 bits per heavy atom. The first kappa shape index (κ1) is 38.8. The number of nitrogens with zero attached hydrogens (tertiary/aromatic N) is 4. The molecule has 0 spiro atoms. The third kappa shape index (κ3) is 6.38. The fourth-order valence-electron chi connectivity index (χ4n) is 10.2. The largest absolute Gasteiger partial charge is 0.456 e. The molecule has 0 saturated heterocycles. The zero-order valence-electron chi connectivity index (χ0n) is 37.0. The quantitative estimate of drug-likeness (QED) is 0.159. The Kier molecular flexibility index (Phi) is 8.79. The van der Waals surface area contributed by atoms with Gasteiger partial charge in [-0.25, -0.2) is 15.0 Å². The first-order valence-electron chi connectivity index (χ1n) is 23.2. The molecule has 0 unspecified atom stereocenters. The van der Waals surface area contributed by atoms with Crippen molar-refractivity contribution in [3.63, 3.8) is 0 Å². The van der Waals surface area contributed by atoms with Crippen molar-refractivity contribution in [1.82, 2.24) is 19.5 Å². The van der Waals surface area contributed by atoms with Gasteiger partial charge in [0.15, 0.2) is 17.5 Å². The van der Waals surface area contributed by atoms with Crippen molar-refractivity contribution in [3.8, 4) is 73.2 Å². The standard InChI is InChI=1S/C63H38N4O2/c1-4-15-39(16-5-1)41-29-31-43(32-30-41)62-64-61(42-19-8-3-9-20-42)65-63(66-62)50-24-13-27-55-58(50)49-23-12-22-46(60(49)69-55)45-33-35-48-57(38-45)68-56-28-14-26-54(59(48)56)67-52-25-11-10-21-47(52)51-37-44(34-36-53(51)67)40-17-6-2-7-18-40/h1-38H. The van der Waals surface area contributed by atoms with Gasteiger partial charge in [0.2, 0.25) is 0 Å². The number of aromatic nitrogens is 4. The fraction of sp³-hybridized carbons (Fsp3) is 0. The Balaban J connectivity index is 0.891. The maximum absolute atomic E-state index is 6.84. The van der Waals surface area contributed by atoms with Gasteiger partial charge in [-0.3, -0.25) is 0 Å². The van der Waals surface area contributed by atoms with Gasteiger partial charge in [0, 0.05) is 49.2 Å². The van der Waals surface area contributed by atoms with E-state index in [9.17, 15) is 0 Å². The van der Waals surface area contributed by atoms with Crippen LogP contribution in [0, 0.1) is 0 Å². The minimum atomic E-state index is 0.573. The number of hydrogen-bond donors (Lipinski definition) is 0. The average molecular weight is 883 g/mol. The summed E-state index contributed by atoms with van der Waals surface area (Å²) in [6.45, 7) is 0. The first-order valence-corrected chi connectivity index (χ1v) is 23.2. The van der Waals surface area contributed by atoms with Crippen LogP contribution in [0.2, 0.25) is 0 Å². The van der Waals surface area contributed by atoms with Crippen LogP contribution in [-0.2, 0) is 0 Å². The van der Waals surface area contributed by atoms with Gasteiger partial charge in [0.25, 0.3) is 0 Å². The van der Waals surface area contributed by atoms with Crippen LogP contribution in [0.15, 0.2) is 239 Å². The SMILES string of the molecule is c1ccc(-c2ccc(-c3nc(-c4ccccc4)nc(-c4cccc5oc6c(-c7ccc8c(c7)oc7cccc(-n9c%10ccccc%10c%10cc(-c%11ccccc%11)ccc%109)c78)cccc6c45)n3)cc2)cc1. The molecule has 0 amide bonds. The summed E-state index contributed by atoms with van der Waals surface area (Å²) >= 11 is 0. The van der Waals surface area contributed by atoms with Gasteiger partial charge in [-0.2, -0.15) is 0 Å². The van der Waals surface area contributed by atoms with E-state index in [0.717, 1.165) is 99.5 Å². The Hall–Kier alpha value is -9.39. The van der Waals surface area contributed by atoms with Crippen LogP contribution < -0.4 is 0 Å². The second-order valence-electron chi connectivity index (χ2n) is 17.5. The van der Waals surface area contributed by atoms with Crippen molar-refractivity contribution < 1.29 is 8.83 Å². The minimum absolute atomic E-state index is 0.573. The molecule has 0 radical (unpaired) electrons. The summed E-state index contributed by atoms with van der Waals surface area (Å²) in [5.41, 5.74) is 15.9. The molecule has 0 bridgehead atoms. The van der Waals surface area contributed by atoms with E-state index in [1.165, 1.54) is 21.9 Å². The van der Waals surface area contributed by atoms with E-state index in [1.807, 2.05) is 48.5 Å². The van der Waals surface area contributed by atoms with E-state index in [2.05, 4.69) is 187 Å². The van der Waals surface area contributed by atoms with Gasteiger partial charge in [0.1, 0.15) is 22.3 Å². The highest BCUT2D eigenvalue weighted by Gasteiger charge is 2.22.